The van der Waals surface area contributed by atoms with Gasteiger partial charge in [0.15, 0.2) is 5.78 Å². The Bertz CT molecular complexity index is 601. The SMILES string of the molecule is CCC1CN(C(=O)c2c(C)[nH]c(C(C)=O)c2C)CC[C@@]1(C)O. The predicted octanol–water partition coefficient (Wildman–Crippen LogP) is 2.46. The lowest BCUT2D eigenvalue weighted by Gasteiger charge is -2.42. The van der Waals surface area contributed by atoms with Crippen LogP contribution in [0.4, 0.5) is 0 Å². The Balaban J connectivity index is 2.28. The smallest absolute Gasteiger partial charge is 0.255 e. The summed E-state index contributed by atoms with van der Waals surface area (Å²) in [4.78, 5) is 29.3. The van der Waals surface area contributed by atoms with E-state index in [1.165, 1.54) is 6.92 Å². The number of piperidine rings is 1. The number of amides is 1. The number of rotatable bonds is 3. The number of likely N-dealkylation sites (tertiary alicyclic amines) is 1. The highest BCUT2D eigenvalue weighted by Crippen LogP contribution is 2.31. The molecule has 1 unspecified atom stereocenters. The van der Waals surface area contributed by atoms with Crippen LogP contribution in [-0.2, 0) is 0 Å². The molecular weight excluding hydrogens is 280 g/mol. The number of ketones is 1. The summed E-state index contributed by atoms with van der Waals surface area (Å²) in [5.41, 5.74) is 1.86. The lowest BCUT2D eigenvalue weighted by atomic mass is 9.80. The third-order valence-electron chi connectivity index (χ3n) is 4.99. The average Bonchev–Trinajstić information content (AvgIpc) is 2.73. The van der Waals surface area contributed by atoms with Crippen molar-refractivity contribution in [2.24, 2.45) is 5.92 Å². The number of carbonyl (C=O) groups is 2. The van der Waals surface area contributed by atoms with Crippen LogP contribution in [-0.4, -0.2) is 45.4 Å². The van der Waals surface area contributed by atoms with Gasteiger partial charge in [-0.05, 0) is 39.2 Å². The highest BCUT2D eigenvalue weighted by molar-refractivity contribution is 6.02. The number of hydrogen-bond donors (Lipinski definition) is 2. The first kappa shape index (κ1) is 16.7. The van der Waals surface area contributed by atoms with Gasteiger partial charge in [-0.1, -0.05) is 6.92 Å². The molecule has 22 heavy (non-hydrogen) atoms. The number of aromatic nitrogens is 1. The van der Waals surface area contributed by atoms with Crippen molar-refractivity contribution in [1.29, 1.82) is 0 Å². The van der Waals surface area contributed by atoms with Crippen LogP contribution in [0.5, 0.6) is 0 Å². The molecule has 0 spiro atoms. The maximum absolute atomic E-state index is 12.9. The standard InChI is InChI=1S/C17H26N2O3/c1-6-13-9-19(8-7-17(13,5)22)16(21)14-10(2)15(12(4)20)18-11(14)3/h13,18,22H,6-9H2,1-5H3/t13?,17-/m1/s1. The van der Waals surface area contributed by atoms with Crippen LogP contribution in [0.25, 0.3) is 0 Å². The number of aromatic amines is 1. The largest absolute Gasteiger partial charge is 0.390 e. The fraction of sp³-hybridized carbons (Fsp3) is 0.647. The third-order valence-corrected chi connectivity index (χ3v) is 4.99. The van der Waals surface area contributed by atoms with Crippen molar-refractivity contribution in [1.82, 2.24) is 9.88 Å². The van der Waals surface area contributed by atoms with E-state index in [4.69, 9.17) is 0 Å². The first-order chi connectivity index (χ1) is 10.2. The quantitative estimate of drug-likeness (QED) is 0.843. The molecule has 2 atom stereocenters. The lowest BCUT2D eigenvalue weighted by Crippen LogP contribution is -2.51. The molecule has 1 fully saturated rings. The number of hydrogen-bond acceptors (Lipinski definition) is 3. The number of nitrogens with one attached hydrogen (secondary N) is 1. The molecule has 0 bridgehead atoms. The van der Waals surface area contributed by atoms with Crippen LogP contribution in [0.3, 0.4) is 0 Å². The molecule has 0 saturated carbocycles. The van der Waals surface area contributed by atoms with Crippen molar-refractivity contribution in [3.8, 4) is 0 Å². The van der Waals surface area contributed by atoms with Crippen LogP contribution in [0.15, 0.2) is 0 Å². The van der Waals surface area contributed by atoms with Crippen molar-refractivity contribution in [3.05, 3.63) is 22.5 Å². The lowest BCUT2D eigenvalue weighted by molar-refractivity contribution is -0.0521. The van der Waals surface area contributed by atoms with Crippen LogP contribution >= 0.6 is 0 Å². The third kappa shape index (κ3) is 2.82. The summed E-state index contributed by atoms with van der Waals surface area (Å²) in [6.45, 7) is 10.1. The highest BCUT2D eigenvalue weighted by atomic mass is 16.3. The summed E-state index contributed by atoms with van der Waals surface area (Å²) < 4.78 is 0. The molecule has 2 heterocycles. The van der Waals surface area contributed by atoms with Crippen molar-refractivity contribution in [2.75, 3.05) is 13.1 Å². The Labute approximate surface area is 131 Å². The minimum atomic E-state index is -0.710. The molecule has 2 rings (SSSR count). The van der Waals surface area contributed by atoms with E-state index >= 15 is 0 Å². The zero-order chi connectivity index (χ0) is 16.7. The Morgan fingerprint density at radius 1 is 1.41 bits per heavy atom. The normalized spacial score (nSPS) is 25.4. The van der Waals surface area contributed by atoms with E-state index in [-0.39, 0.29) is 17.6 Å². The van der Waals surface area contributed by atoms with Gasteiger partial charge in [-0.2, -0.15) is 0 Å². The molecule has 1 aliphatic rings. The number of aryl methyl sites for hydroxylation is 1. The number of aliphatic hydroxyl groups is 1. The highest BCUT2D eigenvalue weighted by Gasteiger charge is 2.38. The first-order valence-electron chi connectivity index (χ1n) is 7.90. The molecule has 1 amide bonds. The van der Waals surface area contributed by atoms with Gasteiger partial charge in [0.25, 0.3) is 5.91 Å². The second-order valence-corrected chi connectivity index (χ2v) is 6.64. The Hall–Kier alpha value is -1.62. The fourth-order valence-corrected chi connectivity index (χ4v) is 3.45. The molecule has 0 radical (unpaired) electrons. The van der Waals surface area contributed by atoms with E-state index in [2.05, 4.69) is 4.98 Å². The summed E-state index contributed by atoms with van der Waals surface area (Å²) in [5.74, 6) is -0.0302. The maximum atomic E-state index is 12.9. The van der Waals surface area contributed by atoms with Crippen molar-refractivity contribution >= 4 is 11.7 Å². The van der Waals surface area contributed by atoms with Crippen LogP contribution in [0.2, 0.25) is 0 Å². The van der Waals surface area contributed by atoms with Gasteiger partial charge in [0.1, 0.15) is 0 Å². The van der Waals surface area contributed by atoms with E-state index < -0.39 is 5.60 Å². The zero-order valence-corrected chi connectivity index (χ0v) is 14.1. The van der Waals surface area contributed by atoms with Gasteiger partial charge in [-0.3, -0.25) is 9.59 Å². The van der Waals surface area contributed by atoms with Gasteiger partial charge in [0, 0.05) is 31.6 Å². The molecule has 5 heteroatoms. The minimum absolute atomic E-state index is 0.0484. The Kier molecular flexibility index (Phi) is 4.47. The number of Topliss-reactive ketones (excluding diaryl/α,β-unsaturated/α-hetero) is 1. The van der Waals surface area contributed by atoms with E-state index in [0.29, 0.717) is 30.8 Å². The second kappa shape index (κ2) is 5.88. The summed E-state index contributed by atoms with van der Waals surface area (Å²) in [5, 5.41) is 10.4. The maximum Gasteiger partial charge on any atom is 0.255 e. The van der Waals surface area contributed by atoms with Gasteiger partial charge in [-0.25, -0.2) is 0 Å². The van der Waals surface area contributed by atoms with Crippen LogP contribution in [0.1, 0.15) is 65.7 Å². The van der Waals surface area contributed by atoms with Gasteiger partial charge in [-0.15, -0.1) is 0 Å². The van der Waals surface area contributed by atoms with E-state index in [0.717, 1.165) is 17.7 Å². The summed E-state index contributed by atoms with van der Waals surface area (Å²) >= 11 is 0. The molecule has 0 aromatic carbocycles. The number of nitrogens with zero attached hydrogens (tertiary/aromatic N) is 1. The fourth-order valence-electron chi connectivity index (χ4n) is 3.45. The van der Waals surface area contributed by atoms with Crippen LogP contribution in [0, 0.1) is 19.8 Å². The first-order valence-corrected chi connectivity index (χ1v) is 7.90. The topological polar surface area (TPSA) is 73.4 Å². The van der Waals surface area contributed by atoms with Gasteiger partial charge in [0.05, 0.1) is 16.9 Å². The molecular formula is C17H26N2O3. The van der Waals surface area contributed by atoms with E-state index in [9.17, 15) is 14.7 Å². The van der Waals surface area contributed by atoms with Crippen molar-refractivity contribution < 1.29 is 14.7 Å². The van der Waals surface area contributed by atoms with Gasteiger partial charge < -0.3 is 15.0 Å². The molecule has 2 N–H and O–H groups in total. The Morgan fingerprint density at radius 3 is 2.55 bits per heavy atom. The number of carbonyl (C=O) groups excluding carboxylic acids is 2. The van der Waals surface area contributed by atoms with Gasteiger partial charge in [0.2, 0.25) is 0 Å². The second-order valence-electron chi connectivity index (χ2n) is 6.64. The van der Waals surface area contributed by atoms with E-state index in [1.807, 2.05) is 27.7 Å². The summed E-state index contributed by atoms with van der Waals surface area (Å²) in [6.07, 6.45) is 1.42. The summed E-state index contributed by atoms with van der Waals surface area (Å²) in [6, 6.07) is 0. The van der Waals surface area contributed by atoms with Crippen molar-refractivity contribution in [2.45, 2.75) is 53.1 Å². The molecule has 0 aliphatic carbocycles. The Morgan fingerprint density at radius 2 is 2.05 bits per heavy atom. The molecule has 5 nitrogen and oxygen atoms in total. The van der Waals surface area contributed by atoms with Crippen LogP contribution < -0.4 is 0 Å². The van der Waals surface area contributed by atoms with Gasteiger partial charge >= 0.3 is 0 Å². The molecule has 1 aromatic rings. The molecule has 1 saturated heterocycles. The average molecular weight is 306 g/mol. The molecule has 1 aromatic heterocycles. The van der Waals surface area contributed by atoms with Crippen molar-refractivity contribution in [3.63, 3.8) is 0 Å². The number of H-pyrrole nitrogens is 1. The zero-order valence-electron chi connectivity index (χ0n) is 14.1. The summed E-state index contributed by atoms with van der Waals surface area (Å²) in [7, 11) is 0. The minimum Gasteiger partial charge on any atom is -0.390 e. The predicted molar refractivity (Wildman–Crippen MR) is 85.2 cm³/mol. The molecule has 1 aliphatic heterocycles. The monoisotopic (exact) mass is 306 g/mol. The van der Waals surface area contributed by atoms with E-state index in [1.54, 1.807) is 4.90 Å². The molecule has 122 valence electrons.